The molecule has 0 aliphatic rings. The maximum absolute atomic E-state index is 4.18. The zero-order chi connectivity index (χ0) is 11.5. The van der Waals surface area contributed by atoms with Crippen LogP contribution in [0.4, 0.5) is 0 Å². The molecule has 0 aliphatic carbocycles. The van der Waals surface area contributed by atoms with E-state index >= 15 is 0 Å². The summed E-state index contributed by atoms with van der Waals surface area (Å²) in [5, 5.41) is 7.68. The van der Waals surface area contributed by atoms with Gasteiger partial charge in [-0.2, -0.15) is 5.10 Å². The molecule has 0 aromatic carbocycles. The summed E-state index contributed by atoms with van der Waals surface area (Å²) < 4.78 is 1.91. The molecule has 16 heavy (non-hydrogen) atoms. The molecule has 0 spiro atoms. The van der Waals surface area contributed by atoms with Gasteiger partial charge in [-0.15, -0.1) is 11.3 Å². The van der Waals surface area contributed by atoms with Crippen LogP contribution in [0.2, 0.25) is 0 Å². The Hall–Kier alpha value is -1.13. The highest BCUT2D eigenvalue weighted by Gasteiger charge is 2.08. The molecule has 0 aliphatic heterocycles. The molecular formula is C12H17N3S. The Kier molecular flexibility index (Phi) is 3.41. The molecule has 2 heterocycles. The molecule has 2 aromatic rings. The maximum Gasteiger partial charge on any atom is 0.0547 e. The van der Waals surface area contributed by atoms with Gasteiger partial charge in [-0.1, -0.05) is 0 Å². The van der Waals surface area contributed by atoms with E-state index in [0.717, 1.165) is 6.54 Å². The summed E-state index contributed by atoms with van der Waals surface area (Å²) in [7, 11) is 1.98. The van der Waals surface area contributed by atoms with Crippen molar-refractivity contribution in [1.82, 2.24) is 15.1 Å². The fraction of sp³-hybridized carbons (Fsp3) is 0.417. The van der Waals surface area contributed by atoms with Gasteiger partial charge >= 0.3 is 0 Å². The van der Waals surface area contributed by atoms with Crippen molar-refractivity contribution in [2.24, 2.45) is 7.05 Å². The minimum Gasteiger partial charge on any atom is -0.304 e. The first-order valence-electron chi connectivity index (χ1n) is 5.43. The third-order valence-corrected chi connectivity index (χ3v) is 3.68. The molecule has 0 bridgehead atoms. The normalized spacial score (nSPS) is 12.9. The van der Waals surface area contributed by atoms with E-state index in [1.54, 1.807) is 0 Å². The second kappa shape index (κ2) is 4.80. The number of hydrogen-bond acceptors (Lipinski definition) is 3. The Morgan fingerprint density at radius 1 is 1.44 bits per heavy atom. The third kappa shape index (κ3) is 2.51. The highest BCUT2D eigenvalue weighted by Crippen LogP contribution is 2.17. The molecule has 2 rings (SSSR count). The van der Waals surface area contributed by atoms with Crippen molar-refractivity contribution in [1.29, 1.82) is 0 Å². The Morgan fingerprint density at radius 2 is 2.25 bits per heavy atom. The molecule has 2 aromatic heterocycles. The highest BCUT2D eigenvalue weighted by atomic mass is 32.1. The van der Waals surface area contributed by atoms with E-state index in [2.05, 4.69) is 42.5 Å². The van der Waals surface area contributed by atoms with Gasteiger partial charge in [-0.05, 0) is 32.0 Å². The van der Waals surface area contributed by atoms with Crippen molar-refractivity contribution in [2.75, 3.05) is 0 Å². The predicted octanol–water partition coefficient (Wildman–Crippen LogP) is 2.64. The number of aromatic nitrogens is 2. The summed E-state index contributed by atoms with van der Waals surface area (Å²) >= 11 is 1.85. The highest BCUT2D eigenvalue weighted by molar-refractivity contribution is 7.11. The number of nitrogens with zero attached hydrogens (tertiary/aromatic N) is 2. The molecule has 1 N–H and O–H groups in total. The van der Waals surface area contributed by atoms with Gasteiger partial charge in [0.05, 0.1) is 5.69 Å². The predicted molar refractivity (Wildman–Crippen MR) is 67.5 cm³/mol. The van der Waals surface area contributed by atoms with Gasteiger partial charge < -0.3 is 5.32 Å². The number of thiophene rings is 1. The number of aryl methyl sites for hydroxylation is 2. The second-order valence-electron chi connectivity index (χ2n) is 3.99. The minimum atomic E-state index is 0.329. The first-order chi connectivity index (χ1) is 7.66. The molecular weight excluding hydrogens is 218 g/mol. The van der Waals surface area contributed by atoms with Crippen molar-refractivity contribution in [2.45, 2.75) is 26.4 Å². The van der Waals surface area contributed by atoms with E-state index < -0.39 is 0 Å². The van der Waals surface area contributed by atoms with Crippen LogP contribution in [0.15, 0.2) is 24.4 Å². The van der Waals surface area contributed by atoms with E-state index in [1.807, 2.05) is 29.3 Å². The zero-order valence-electron chi connectivity index (χ0n) is 9.90. The monoisotopic (exact) mass is 235 g/mol. The average molecular weight is 235 g/mol. The SMILES string of the molecule is Cc1ccc(CNC(C)c2ccnn2C)s1. The Morgan fingerprint density at radius 3 is 2.81 bits per heavy atom. The van der Waals surface area contributed by atoms with E-state index in [4.69, 9.17) is 0 Å². The van der Waals surface area contributed by atoms with Gasteiger partial charge in [0.25, 0.3) is 0 Å². The van der Waals surface area contributed by atoms with Crippen LogP contribution in [-0.2, 0) is 13.6 Å². The van der Waals surface area contributed by atoms with Crippen molar-refractivity contribution < 1.29 is 0 Å². The van der Waals surface area contributed by atoms with Crippen LogP contribution in [0.3, 0.4) is 0 Å². The Balaban J connectivity index is 1.93. The summed E-state index contributed by atoms with van der Waals surface area (Å²) in [4.78, 5) is 2.75. The van der Waals surface area contributed by atoms with Crippen LogP contribution in [0.1, 0.15) is 28.4 Å². The largest absolute Gasteiger partial charge is 0.304 e. The lowest BCUT2D eigenvalue weighted by molar-refractivity contribution is 0.532. The molecule has 0 radical (unpaired) electrons. The van der Waals surface area contributed by atoms with Gasteiger partial charge in [-0.3, -0.25) is 4.68 Å². The van der Waals surface area contributed by atoms with Crippen LogP contribution in [0.25, 0.3) is 0 Å². The van der Waals surface area contributed by atoms with Gasteiger partial charge in [0.2, 0.25) is 0 Å². The summed E-state index contributed by atoms with van der Waals surface area (Å²) in [5.74, 6) is 0. The van der Waals surface area contributed by atoms with Gasteiger partial charge in [-0.25, -0.2) is 0 Å². The van der Waals surface area contributed by atoms with Crippen LogP contribution in [-0.4, -0.2) is 9.78 Å². The van der Waals surface area contributed by atoms with Gasteiger partial charge in [0.1, 0.15) is 0 Å². The molecule has 0 fully saturated rings. The fourth-order valence-electron chi connectivity index (χ4n) is 1.75. The van der Waals surface area contributed by atoms with Crippen LogP contribution in [0, 0.1) is 6.92 Å². The lowest BCUT2D eigenvalue weighted by Gasteiger charge is -2.13. The van der Waals surface area contributed by atoms with Crippen molar-refractivity contribution >= 4 is 11.3 Å². The summed E-state index contributed by atoms with van der Waals surface area (Å²) in [6.45, 7) is 5.22. The summed E-state index contributed by atoms with van der Waals surface area (Å²) in [5.41, 5.74) is 1.22. The standard InChI is InChI=1S/C12H17N3S/c1-9-4-5-11(16-9)8-13-10(2)12-6-7-14-15(12)3/h4-7,10,13H,8H2,1-3H3. The topological polar surface area (TPSA) is 29.9 Å². The van der Waals surface area contributed by atoms with Crippen LogP contribution in [0.5, 0.6) is 0 Å². The van der Waals surface area contributed by atoms with Crippen molar-refractivity contribution in [3.63, 3.8) is 0 Å². The molecule has 0 saturated heterocycles. The average Bonchev–Trinajstić information content (AvgIpc) is 2.84. The van der Waals surface area contributed by atoms with Crippen molar-refractivity contribution in [3.05, 3.63) is 39.8 Å². The maximum atomic E-state index is 4.18. The Bertz CT molecular complexity index is 458. The molecule has 4 heteroatoms. The quantitative estimate of drug-likeness (QED) is 0.883. The lowest BCUT2D eigenvalue weighted by atomic mass is 10.2. The zero-order valence-corrected chi connectivity index (χ0v) is 10.7. The van der Waals surface area contributed by atoms with E-state index in [1.165, 1.54) is 15.4 Å². The molecule has 86 valence electrons. The number of nitrogens with one attached hydrogen (secondary N) is 1. The van der Waals surface area contributed by atoms with E-state index in [-0.39, 0.29) is 0 Å². The molecule has 0 saturated carbocycles. The van der Waals surface area contributed by atoms with Crippen LogP contribution >= 0.6 is 11.3 Å². The molecule has 1 unspecified atom stereocenters. The molecule has 1 atom stereocenters. The lowest BCUT2D eigenvalue weighted by Crippen LogP contribution is -2.19. The number of hydrogen-bond donors (Lipinski definition) is 1. The molecule has 0 amide bonds. The van der Waals surface area contributed by atoms with E-state index in [9.17, 15) is 0 Å². The summed E-state index contributed by atoms with van der Waals surface area (Å²) in [6.07, 6.45) is 1.84. The third-order valence-electron chi connectivity index (χ3n) is 2.68. The Labute approximate surface area is 100 Å². The fourth-order valence-corrected chi connectivity index (χ4v) is 2.59. The minimum absolute atomic E-state index is 0.329. The smallest absolute Gasteiger partial charge is 0.0547 e. The van der Waals surface area contributed by atoms with Crippen LogP contribution < -0.4 is 5.32 Å². The number of rotatable bonds is 4. The van der Waals surface area contributed by atoms with Gasteiger partial charge in [0, 0.05) is 35.6 Å². The summed E-state index contributed by atoms with van der Waals surface area (Å²) in [6, 6.07) is 6.73. The van der Waals surface area contributed by atoms with Gasteiger partial charge in [0.15, 0.2) is 0 Å². The second-order valence-corrected chi connectivity index (χ2v) is 5.37. The first kappa shape index (κ1) is 11.4. The molecule has 3 nitrogen and oxygen atoms in total. The first-order valence-corrected chi connectivity index (χ1v) is 6.25. The van der Waals surface area contributed by atoms with Crippen molar-refractivity contribution in [3.8, 4) is 0 Å². The van der Waals surface area contributed by atoms with E-state index in [0.29, 0.717) is 6.04 Å².